The van der Waals surface area contributed by atoms with Gasteiger partial charge in [0.15, 0.2) is 0 Å². The number of hydrogen-bond donors (Lipinski definition) is 1. The van der Waals surface area contributed by atoms with Gasteiger partial charge in [0.1, 0.15) is 5.82 Å². The number of morpholine rings is 1. The van der Waals surface area contributed by atoms with Crippen LogP contribution in [0.15, 0.2) is 18.2 Å². The summed E-state index contributed by atoms with van der Waals surface area (Å²) in [6.45, 7) is 7.37. The predicted octanol–water partition coefficient (Wildman–Crippen LogP) is 2.29. The van der Waals surface area contributed by atoms with Gasteiger partial charge in [0.2, 0.25) is 0 Å². The molecule has 0 aromatic heterocycles. The zero-order valence-corrected chi connectivity index (χ0v) is 11.9. The smallest absolute Gasteiger partial charge is 0.142 e. The number of hydrogen-bond acceptors (Lipinski definition) is 3. The summed E-state index contributed by atoms with van der Waals surface area (Å²) in [7, 11) is 0. The molecule has 1 aliphatic rings. The van der Waals surface area contributed by atoms with Gasteiger partial charge in [-0.15, -0.1) is 0 Å². The molecule has 1 atom stereocenters. The van der Waals surface area contributed by atoms with Crippen LogP contribution >= 0.6 is 11.6 Å². The van der Waals surface area contributed by atoms with Crippen molar-refractivity contribution in [1.29, 1.82) is 0 Å². The second kappa shape index (κ2) is 7.20. The van der Waals surface area contributed by atoms with E-state index in [0.717, 1.165) is 38.3 Å². The lowest BCUT2D eigenvalue weighted by Gasteiger charge is -2.32. The molecule has 1 aliphatic heterocycles. The van der Waals surface area contributed by atoms with Crippen LogP contribution < -0.4 is 5.32 Å². The Morgan fingerprint density at radius 3 is 3.11 bits per heavy atom. The third-order valence-corrected chi connectivity index (χ3v) is 3.66. The highest BCUT2D eigenvalue weighted by Crippen LogP contribution is 2.15. The van der Waals surface area contributed by atoms with Gasteiger partial charge in [-0.2, -0.15) is 0 Å². The molecule has 0 bridgehead atoms. The lowest BCUT2D eigenvalue weighted by Crippen LogP contribution is -2.46. The highest BCUT2D eigenvalue weighted by molar-refractivity contribution is 6.30. The second-order valence-electron chi connectivity index (χ2n) is 4.77. The average Bonchev–Trinajstić information content (AvgIpc) is 2.43. The van der Waals surface area contributed by atoms with Crippen molar-refractivity contribution in [2.75, 3.05) is 32.8 Å². The van der Waals surface area contributed by atoms with E-state index in [1.54, 1.807) is 6.07 Å². The van der Waals surface area contributed by atoms with E-state index in [0.29, 0.717) is 6.54 Å². The van der Waals surface area contributed by atoms with Crippen molar-refractivity contribution in [2.24, 2.45) is 0 Å². The summed E-state index contributed by atoms with van der Waals surface area (Å²) in [6.07, 6.45) is 0.214. The quantitative estimate of drug-likeness (QED) is 0.899. The van der Waals surface area contributed by atoms with Crippen LogP contribution in [0.25, 0.3) is 0 Å². The molecular weight excluding hydrogens is 267 g/mol. The first-order valence-electron chi connectivity index (χ1n) is 6.67. The fourth-order valence-electron chi connectivity index (χ4n) is 2.22. The molecule has 1 fully saturated rings. The third kappa shape index (κ3) is 4.42. The molecule has 3 nitrogen and oxygen atoms in total. The lowest BCUT2D eigenvalue weighted by molar-refractivity contribution is -0.0253. The van der Waals surface area contributed by atoms with Crippen LogP contribution in [-0.2, 0) is 11.3 Å². The summed E-state index contributed by atoms with van der Waals surface area (Å²) in [4.78, 5) is 2.37. The minimum atomic E-state index is -0.368. The van der Waals surface area contributed by atoms with E-state index in [4.69, 9.17) is 16.3 Å². The molecular formula is C14H20ClFN2O. The molecule has 0 amide bonds. The molecule has 5 heteroatoms. The van der Waals surface area contributed by atoms with E-state index in [1.807, 2.05) is 6.07 Å². The van der Waals surface area contributed by atoms with E-state index in [2.05, 4.69) is 17.1 Å². The van der Waals surface area contributed by atoms with E-state index in [1.165, 1.54) is 6.07 Å². The maximum absolute atomic E-state index is 13.3. The summed E-state index contributed by atoms with van der Waals surface area (Å²) >= 11 is 5.65. The van der Waals surface area contributed by atoms with E-state index in [9.17, 15) is 4.39 Å². The Bertz CT molecular complexity index is 416. The van der Waals surface area contributed by atoms with Crippen molar-refractivity contribution < 1.29 is 9.13 Å². The Morgan fingerprint density at radius 1 is 1.53 bits per heavy atom. The van der Waals surface area contributed by atoms with E-state index >= 15 is 0 Å². The van der Waals surface area contributed by atoms with E-state index in [-0.39, 0.29) is 16.9 Å². The highest BCUT2D eigenvalue weighted by atomic mass is 35.5. The zero-order chi connectivity index (χ0) is 13.7. The van der Waals surface area contributed by atoms with Gasteiger partial charge in [0.25, 0.3) is 0 Å². The first kappa shape index (κ1) is 14.7. The Balaban J connectivity index is 1.75. The molecule has 2 rings (SSSR count). The molecule has 1 heterocycles. The van der Waals surface area contributed by atoms with Gasteiger partial charge in [-0.3, -0.25) is 4.90 Å². The van der Waals surface area contributed by atoms with Crippen LogP contribution in [0.1, 0.15) is 12.5 Å². The van der Waals surface area contributed by atoms with Crippen LogP contribution in [0.5, 0.6) is 0 Å². The molecule has 0 spiro atoms. The van der Waals surface area contributed by atoms with Gasteiger partial charge in [-0.25, -0.2) is 4.39 Å². The standard InChI is InChI=1S/C14H20ClFN2O/c1-2-18-5-6-19-12(10-18)9-17-8-11-3-4-13(15)14(16)7-11/h3-4,7,12,17H,2,5-6,8-10H2,1H3. The first-order valence-corrected chi connectivity index (χ1v) is 7.05. The number of likely N-dealkylation sites (N-methyl/N-ethyl adjacent to an activating group) is 1. The van der Waals surface area contributed by atoms with Gasteiger partial charge < -0.3 is 10.1 Å². The van der Waals surface area contributed by atoms with Gasteiger partial charge in [-0.05, 0) is 24.2 Å². The summed E-state index contributed by atoms with van der Waals surface area (Å²) < 4.78 is 19.0. The number of rotatable bonds is 5. The first-order chi connectivity index (χ1) is 9.19. The molecule has 0 radical (unpaired) electrons. The van der Waals surface area contributed by atoms with Gasteiger partial charge >= 0.3 is 0 Å². The molecule has 19 heavy (non-hydrogen) atoms. The Labute approximate surface area is 118 Å². The summed E-state index contributed by atoms with van der Waals surface area (Å²) in [5.74, 6) is -0.368. The monoisotopic (exact) mass is 286 g/mol. The molecule has 1 saturated heterocycles. The number of benzene rings is 1. The largest absolute Gasteiger partial charge is 0.374 e. The van der Waals surface area contributed by atoms with Crippen LogP contribution in [0.3, 0.4) is 0 Å². The van der Waals surface area contributed by atoms with Crippen LogP contribution in [0.4, 0.5) is 4.39 Å². The molecule has 0 aliphatic carbocycles. The fourth-order valence-corrected chi connectivity index (χ4v) is 2.34. The van der Waals surface area contributed by atoms with Crippen molar-refractivity contribution in [3.8, 4) is 0 Å². The molecule has 1 N–H and O–H groups in total. The van der Waals surface area contributed by atoms with Crippen LogP contribution in [0.2, 0.25) is 5.02 Å². The molecule has 1 unspecified atom stereocenters. The van der Waals surface area contributed by atoms with Gasteiger partial charge in [-0.1, -0.05) is 24.6 Å². The summed E-state index contributed by atoms with van der Waals surface area (Å²) in [5.41, 5.74) is 0.894. The fraction of sp³-hybridized carbons (Fsp3) is 0.571. The van der Waals surface area contributed by atoms with Crippen molar-refractivity contribution in [3.63, 3.8) is 0 Å². The maximum Gasteiger partial charge on any atom is 0.142 e. The average molecular weight is 287 g/mol. The van der Waals surface area contributed by atoms with Crippen molar-refractivity contribution in [3.05, 3.63) is 34.6 Å². The SMILES string of the molecule is CCN1CCOC(CNCc2ccc(Cl)c(F)c2)C1. The zero-order valence-electron chi connectivity index (χ0n) is 11.2. The van der Waals surface area contributed by atoms with Gasteiger partial charge in [0.05, 0.1) is 17.7 Å². The number of nitrogens with zero attached hydrogens (tertiary/aromatic N) is 1. The topological polar surface area (TPSA) is 24.5 Å². The third-order valence-electron chi connectivity index (χ3n) is 3.36. The minimum Gasteiger partial charge on any atom is -0.374 e. The Kier molecular flexibility index (Phi) is 5.58. The highest BCUT2D eigenvalue weighted by Gasteiger charge is 2.18. The maximum atomic E-state index is 13.3. The molecule has 1 aromatic rings. The summed E-state index contributed by atoms with van der Waals surface area (Å²) in [5, 5.41) is 3.47. The van der Waals surface area contributed by atoms with E-state index < -0.39 is 0 Å². The summed E-state index contributed by atoms with van der Waals surface area (Å²) in [6, 6.07) is 4.89. The number of ether oxygens (including phenoxy) is 1. The second-order valence-corrected chi connectivity index (χ2v) is 5.17. The van der Waals surface area contributed by atoms with Crippen LogP contribution in [-0.4, -0.2) is 43.8 Å². The normalized spacial score (nSPS) is 20.7. The van der Waals surface area contributed by atoms with Crippen molar-refractivity contribution in [2.45, 2.75) is 19.6 Å². The van der Waals surface area contributed by atoms with Crippen molar-refractivity contribution in [1.82, 2.24) is 10.2 Å². The molecule has 0 saturated carbocycles. The molecule has 1 aromatic carbocycles. The van der Waals surface area contributed by atoms with Crippen molar-refractivity contribution >= 4 is 11.6 Å². The predicted molar refractivity (Wildman–Crippen MR) is 75.0 cm³/mol. The van der Waals surface area contributed by atoms with Gasteiger partial charge in [0, 0.05) is 26.2 Å². The Morgan fingerprint density at radius 2 is 2.37 bits per heavy atom. The number of nitrogens with one attached hydrogen (secondary N) is 1. The van der Waals surface area contributed by atoms with Crippen LogP contribution in [0, 0.1) is 5.82 Å². The lowest BCUT2D eigenvalue weighted by atomic mass is 10.2. The minimum absolute atomic E-state index is 0.165. The molecule has 106 valence electrons. The Hall–Kier alpha value is -0.680. The number of halogens is 2.